The minimum atomic E-state index is -0.0886. The number of aromatic nitrogens is 2. The van der Waals surface area contributed by atoms with Gasteiger partial charge in [-0.1, -0.05) is 80.6 Å². The lowest BCUT2D eigenvalue weighted by Gasteiger charge is -2.26. The minimum Gasteiger partial charge on any atom is -0.493 e. The summed E-state index contributed by atoms with van der Waals surface area (Å²) in [7, 11) is 0. The quantitative estimate of drug-likeness (QED) is 0.183. The molecule has 0 radical (unpaired) electrons. The average Bonchev–Trinajstić information content (AvgIpc) is 3.57. The number of rotatable bonds is 10. The highest BCUT2D eigenvalue weighted by Crippen LogP contribution is 2.48. The number of ether oxygens (including phenoxy) is 1. The lowest BCUT2D eigenvalue weighted by atomic mass is 9.82. The summed E-state index contributed by atoms with van der Waals surface area (Å²) < 4.78 is 16.2. The molecular weight excluding hydrogens is 513 g/mol. The van der Waals surface area contributed by atoms with Gasteiger partial charge in [0.25, 0.3) is 0 Å². The van der Waals surface area contributed by atoms with Crippen LogP contribution in [0.5, 0.6) is 5.75 Å². The van der Waals surface area contributed by atoms with Gasteiger partial charge in [-0.05, 0) is 48.4 Å². The van der Waals surface area contributed by atoms with Gasteiger partial charge in [-0.2, -0.15) is 8.75 Å². The number of fused-ring (bicyclic) bond motifs is 1. The van der Waals surface area contributed by atoms with Gasteiger partial charge >= 0.3 is 0 Å². The summed E-state index contributed by atoms with van der Waals surface area (Å²) in [5.41, 5.74) is 5.64. The maximum atomic E-state index is 6.62. The third kappa shape index (κ3) is 6.29. The van der Waals surface area contributed by atoms with Crippen molar-refractivity contribution in [1.82, 2.24) is 8.75 Å². The summed E-state index contributed by atoms with van der Waals surface area (Å²) in [6.07, 6.45) is 7.54. The molecule has 200 valence electrons. The predicted octanol–water partition coefficient (Wildman–Crippen LogP) is 10.8. The van der Waals surface area contributed by atoms with Crippen molar-refractivity contribution in [3.63, 3.8) is 0 Å². The molecule has 0 aliphatic rings. The highest BCUT2D eigenvalue weighted by atomic mass is 32.1. The second-order valence-corrected chi connectivity index (χ2v) is 14.8. The fourth-order valence-corrected chi connectivity index (χ4v) is 7.64. The van der Waals surface area contributed by atoms with E-state index in [9.17, 15) is 0 Å². The molecule has 0 saturated heterocycles. The van der Waals surface area contributed by atoms with Crippen LogP contribution in [0.3, 0.4) is 0 Å². The topological polar surface area (TPSA) is 35.0 Å². The minimum absolute atomic E-state index is 0.0886. The maximum Gasteiger partial charge on any atom is 0.128 e. The second kappa shape index (κ2) is 11.5. The first kappa shape index (κ1) is 28.3. The van der Waals surface area contributed by atoms with Crippen LogP contribution < -0.4 is 4.74 Å². The lowest BCUT2D eigenvalue weighted by molar-refractivity contribution is 0.295. The van der Waals surface area contributed by atoms with Gasteiger partial charge in [-0.15, -0.1) is 22.7 Å². The molecule has 3 heterocycles. The predicted molar refractivity (Wildman–Crippen MR) is 165 cm³/mol. The van der Waals surface area contributed by atoms with Crippen LogP contribution in [0.15, 0.2) is 24.3 Å². The van der Waals surface area contributed by atoms with Crippen LogP contribution in [0.2, 0.25) is 0 Å². The zero-order valence-electron chi connectivity index (χ0n) is 23.8. The van der Waals surface area contributed by atoms with Gasteiger partial charge in [0, 0.05) is 36.2 Å². The van der Waals surface area contributed by atoms with E-state index in [0.717, 1.165) is 29.8 Å². The molecule has 0 spiro atoms. The Hall–Kier alpha value is -1.76. The van der Waals surface area contributed by atoms with Gasteiger partial charge in [0.15, 0.2) is 0 Å². The summed E-state index contributed by atoms with van der Waals surface area (Å²) in [5.74, 6) is 1.01. The Bertz CT molecular complexity index is 1330. The molecule has 0 amide bonds. The van der Waals surface area contributed by atoms with E-state index in [1.807, 2.05) is 22.7 Å². The molecular formula is C31H42N2OS3. The first-order chi connectivity index (χ1) is 17.5. The van der Waals surface area contributed by atoms with Crippen molar-refractivity contribution in [1.29, 1.82) is 0 Å². The standard InChI is InChI=1S/C31H42N2OS3/c1-9-10-11-12-13-14-19-34-29-20(2)25(27-28(33-37-32-27)26(29)31(6,7)8)23-16-15-21(35-23)22-17-18-24(36-22)30(3,4)5/h15-18H,9-14,19H2,1-8H3. The van der Waals surface area contributed by atoms with Crippen LogP contribution in [0, 0.1) is 6.92 Å². The van der Waals surface area contributed by atoms with Gasteiger partial charge in [0.2, 0.25) is 0 Å². The molecule has 0 N–H and O–H groups in total. The summed E-state index contributed by atoms with van der Waals surface area (Å²) in [4.78, 5) is 5.29. The molecule has 4 rings (SSSR count). The maximum absolute atomic E-state index is 6.62. The average molecular weight is 555 g/mol. The fourth-order valence-electron chi connectivity index (χ4n) is 4.82. The third-order valence-corrected chi connectivity index (χ3v) is 10.2. The van der Waals surface area contributed by atoms with Crippen LogP contribution in [-0.4, -0.2) is 15.4 Å². The zero-order valence-corrected chi connectivity index (χ0v) is 26.2. The SMILES string of the molecule is CCCCCCCCOc1c(C)c(-c2ccc(-c3ccc(C(C)(C)C)s3)s2)c2nsnc2c1C(C)(C)C. The number of hydrogen-bond donors (Lipinski definition) is 0. The van der Waals surface area contributed by atoms with E-state index in [0.29, 0.717) is 0 Å². The Balaban J connectivity index is 1.71. The zero-order chi connectivity index (χ0) is 26.8. The Labute approximate surface area is 235 Å². The van der Waals surface area contributed by atoms with Crippen molar-refractivity contribution >= 4 is 45.4 Å². The molecule has 0 bridgehead atoms. The largest absolute Gasteiger partial charge is 0.493 e. The van der Waals surface area contributed by atoms with Gasteiger partial charge in [-0.25, -0.2) is 0 Å². The molecule has 37 heavy (non-hydrogen) atoms. The van der Waals surface area contributed by atoms with Crippen LogP contribution in [0.1, 0.15) is 103 Å². The van der Waals surface area contributed by atoms with Crippen molar-refractivity contribution in [3.8, 4) is 25.9 Å². The van der Waals surface area contributed by atoms with Crippen molar-refractivity contribution < 1.29 is 4.74 Å². The smallest absolute Gasteiger partial charge is 0.128 e. The van der Waals surface area contributed by atoms with E-state index in [-0.39, 0.29) is 10.8 Å². The molecule has 4 aromatic rings. The summed E-state index contributed by atoms with van der Waals surface area (Å²) in [5, 5.41) is 0. The first-order valence-corrected chi connectivity index (χ1v) is 16.0. The van der Waals surface area contributed by atoms with Crippen molar-refractivity contribution in [3.05, 3.63) is 40.3 Å². The van der Waals surface area contributed by atoms with E-state index in [1.165, 1.54) is 80.0 Å². The lowest BCUT2D eigenvalue weighted by Crippen LogP contribution is -2.16. The van der Waals surface area contributed by atoms with E-state index in [4.69, 9.17) is 13.5 Å². The van der Waals surface area contributed by atoms with Crippen LogP contribution in [0.4, 0.5) is 0 Å². The molecule has 0 atom stereocenters. The number of benzene rings is 1. The molecule has 0 aliphatic heterocycles. The van der Waals surface area contributed by atoms with E-state index in [2.05, 4.69) is 79.7 Å². The Morgan fingerprint density at radius 3 is 2.03 bits per heavy atom. The van der Waals surface area contributed by atoms with Gasteiger partial charge < -0.3 is 4.74 Å². The molecule has 0 unspecified atom stereocenters. The number of thiophene rings is 2. The fraction of sp³-hybridized carbons (Fsp3) is 0.548. The van der Waals surface area contributed by atoms with Crippen LogP contribution in [0.25, 0.3) is 31.2 Å². The van der Waals surface area contributed by atoms with Crippen LogP contribution in [-0.2, 0) is 10.8 Å². The summed E-state index contributed by atoms with van der Waals surface area (Å²) in [6.45, 7) is 18.8. The van der Waals surface area contributed by atoms with E-state index < -0.39 is 0 Å². The summed E-state index contributed by atoms with van der Waals surface area (Å²) >= 11 is 5.06. The first-order valence-electron chi connectivity index (χ1n) is 13.7. The molecule has 0 saturated carbocycles. The van der Waals surface area contributed by atoms with Crippen molar-refractivity contribution in [2.45, 2.75) is 105 Å². The van der Waals surface area contributed by atoms with Gasteiger partial charge in [0.1, 0.15) is 16.8 Å². The van der Waals surface area contributed by atoms with E-state index >= 15 is 0 Å². The Kier molecular flexibility index (Phi) is 8.82. The molecule has 6 heteroatoms. The molecule has 3 aromatic heterocycles. The monoisotopic (exact) mass is 554 g/mol. The molecule has 0 aliphatic carbocycles. The number of nitrogens with zero attached hydrogens (tertiary/aromatic N) is 2. The Morgan fingerprint density at radius 1 is 0.730 bits per heavy atom. The normalized spacial score (nSPS) is 12.5. The molecule has 3 nitrogen and oxygen atoms in total. The van der Waals surface area contributed by atoms with Gasteiger partial charge in [-0.3, -0.25) is 0 Å². The molecule has 0 fully saturated rings. The highest BCUT2D eigenvalue weighted by Gasteiger charge is 2.30. The summed E-state index contributed by atoms with van der Waals surface area (Å²) in [6, 6.07) is 9.06. The second-order valence-electron chi connectivity index (χ2n) is 12.1. The van der Waals surface area contributed by atoms with Crippen molar-refractivity contribution in [2.75, 3.05) is 6.61 Å². The number of unbranched alkanes of at least 4 members (excludes halogenated alkanes) is 5. The highest BCUT2D eigenvalue weighted by molar-refractivity contribution is 7.24. The molecule has 1 aromatic carbocycles. The third-order valence-electron chi connectivity index (χ3n) is 6.84. The number of hydrogen-bond acceptors (Lipinski definition) is 6. The van der Waals surface area contributed by atoms with Crippen molar-refractivity contribution in [2.24, 2.45) is 0 Å². The van der Waals surface area contributed by atoms with E-state index in [1.54, 1.807) is 0 Å². The Morgan fingerprint density at radius 2 is 1.35 bits per heavy atom. The van der Waals surface area contributed by atoms with Gasteiger partial charge in [0.05, 0.1) is 18.3 Å². The van der Waals surface area contributed by atoms with Crippen LogP contribution >= 0.6 is 34.4 Å².